The number of hydrogen-bond donors (Lipinski definition) is 2. The number of anilines is 1. The van der Waals surface area contributed by atoms with Crippen LogP contribution < -0.4 is 11.1 Å². The number of sulfone groups is 1. The van der Waals surface area contributed by atoms with Gasteiger partial charge in [0.2, 0.25) is 0 Å². The molecule has 0 aliphatic rings. The van der Waals surface area contributed by atoms with E-state index in [1.165, 1.54) is 30.5 Å². The summed E-state index contributed by atoms with van der Waals surface area (Å²) in [6.45, 7) is 0.748. The first kappa shape index (κ1) is 28.8. The van der Waals surface area contributed by atoms with Crippen molar-refractivity contribution >= 4 is 62.7 Å². The van der Waals surface area contributed by atoms with Gasteiger partial charge in [0.1, 0.15) is 5.69 Å². The van der Waals surface area contributed by atoms with E-state index in [4.69, 9.17) is 57.3 Å². The predicted octanol–water partition coefficient (Wildman–Crippen LogP) is 1.07. The fourth-order valence-electron chi connectivity index (χ4n) is 4.16. The smallest absolute Gasteiger partial charge is 0.189 e. The van der Waals surface area contributed by atoms with Crippen molar-refractivity contribution in [2.24, 2.45) is 0 Å². The zero-order valence-electron chi connectivity index (χ0n) is 21.1. The van der Waals surface area contributed by atoms with Crippen LogP contribution in [-0.4, -0.2) is 82.9 Å². The van der Waals surface area contributed by atoms with E-state index in [9.17, 15) is 8.42 Å². The minimum Gasteiger partial charge on any atom is -0.382 e. The van der Waals surface area contributed by atoms with E-state index < -0.39 is 25.3 Å². The summed E-state index contributed by atoms with van der Waals surface area (Å²) < 4.78 is 31.9. The second kappa shape index (κ2) is 10.8. The van der Waals surface area contributed by atoms with Crippen molar-refractivity contribution < 1.29 is 12.9 Å². The second-order valence-corrected chi connectivity index (χ2v) is 11.3. The first-order valence-corrected chi connectivity index (χ1v) is 13.2. The van der Waals surface area contributed by atoms with Gasteiger partial charge in [-0.2, -0.15) is 0 Å². The quantitative estimate of drug-likeness (QED) is 0.313. The number of benzene rings is 2. The minimum absolute atomic E-state index is 0.128. The van der Waals surface area contributed by atoms with Crippen molar-refractivity contribution in [1.29, 1.82) is 0 Å². The number of nitrogen functional groups attached to an aromatic ring is 1. The molecule has 0 bridgehead atoms. The predicted molar refractivity (Wildman–Crippen MR) is 156 cm³/mol. The average molecular weight is 522 g/mol. The summed E-state index contributed by atoms with van der Waals surface area (Å²) in [6.07, 6.45) is 1.44. The van der Waals surface area contributed by atoms with Gasteiger partial charge in [-0.25, -0.2) is 18.4 Å². The van der Waals surface area contributed by atoms with Gasteiger partial charge in [-0.15, -0.1) is 10.2 Å². The lowest BCUT2D eigenvalue weighted by molar-refractivity contribution is 0.434. The summed E-state index contributed by atoms with van der Waals surface area (Å²) in [5.41, 5.74) is 9.86. The maximum atomic E-state index is 13.2. The molecule has 0 unspecified atom stereocenters. The lowest BCUT2D eigenvalue weighted by Gasteiger charge is -2.42. The summed E-state index contributed by atoms with van der Waals surface area (Å²) in [5, 5.41) is 0.720. The Hall–Kier alpha value is -3.17. The molecule has 2 aromatic heterocycles. The Kier molecular flexibility index (Phi) is 7.96. The maximum Gasteiger partial charge on any atom is 0.189 e. The summed E-state index contributed by atoms with van der Waals surface area (Å²) in [7, 11) is 31.4. The largest absolute Gasteiger partial charge is 0.382 e. The van der Waals surface area contributed by atoms with E-state index >= 15 is 0 Å². The Morgan fingerprint density at radius 1 is 0.923 bits per heavy atom. The van der Waals surface area contributed by atoms with Gasteiger partial charge in [-0.3, -0.25) is 0 Å². The Balaban J connectivity index is 1.64. The van der Waals surface area contributed by atoms with Gasteiger partial charge < -0.3 is 15.6 Å². The highest BCUT2D eigenvalue weighted by molar-refractivity contribution is 7.92. The molecule has 0 saturated carbocycles. The topological polar surface area (TPSA) is 124 Å². The molecule has 15 heteroatoms. The Morgan fingerprint density at radius 2 is 1.49 bits per heavy atom. The van der Waals surface area contributed by atoms with Crippen LogP contribution >= 0.6 is 0 Å². The van der Waals surface area contributed by atoms with Gasteiger partial charge in [0.25, 0.3) is 0 Å². The molecule has 3 N–H and O–H groups in total. The third-order valence-electron chi connectivity index (χ3n) is 5.87. The minimum atomic E-state index is -4.34. The molecular formula is C24H19B6N5O3S. The molecule has 2 heterocycles. The molecule has 0 aliphatic carbocycles. The van der Waals surface area contributed by atoms with Gasteiger partial charge >= 0.3 is 0 Å². The zero-order chi connectivity index (χ0) is 28.6. The number of rotatable bonds is 9. The van der Waals surface area contributed by atoms with E-state index in [1.807, 2.05) is 31.3 Å². The maximum absolute atomic E-state index is 13.2. The van der Waals surface area contributed by atoms with Gasteiger partial charge in [-0.1, -0.05) is 41.6 Å². The molecule has 0 atom stereocenters. The Labute approximate surface area is 235 Å². The molecule has 8 nitrogen and oxygen atoms in total. The van der Waals surface area contributed by atoms with Crippen molar-refractivity contribution in [3.05, 3.63) is 66.4 Å². The molecule has 0 aliphatic heterocycles. The Bertz CT molecular complexity index is 1550. The number of hydrogen-bond acceptors (Lipinski definition) is 8. The number of nitrogens with zero attached hydrogens (tertiary/aromatic N) is 3. The van der Waals surface area contributed by atoms with Gasteiger partial charge in [0.05, 0.1) is 63.9 Å². The van der Waals surface area contributed by atoms with E-state index in [2.05, 4.69) is 20.4 Å². The van der Waals surface area contributed by atoms with Crippen molar-refractivity contribution in [2.45, 2.75) is 26.9 Å². The fraction of sp³-hybridized carbons (Fsp3) is 0.208. The highest BCUT2D eigenvalue weighted by atomic mass is 32.2. The normalized spacial score (nSPS) is 12.6. The van der Waals surface area contributed by atoms with Crippen molar-refractivity contribution in [1.82, 2.24) is 20.4 Å². The third-order valence-corrected chi connectivity index (χ3v) is 8.24. The molecule has 2 aromatic carbocycles. The van der Waals surface area contributed by atoms with Crippen LogP contribution in [0.25, 0.3) is 34.0 Å². The third kappa shape index (κ3) is 6.20. The van der Waals surface area contributed by atoms with E-state index in [1.54, 1.807) is 6.07 Å². The first-order chi connectivity index (χ1) is 18.2. The monoisotopic (exact) mass is 523 g/mol. The molecular weight excluding hydrogens is 503 g/mol. The fourth-order valence-corrected chi connectivity index (χ4v) is 6.02. The first-order valence-electron chi connectivity index (χ1n) is 11.6. The SMILES string of the molecule is [B]C([B])([B])C(C([B])([B])[B])S(=O)(=O)c1ccc(-c2cnc(N)c(-c3cc(-c4ccc(CNC)cc4)no3)n2)cc1. The Morgan fingerprint density at radius 3 is 2.05 bits per heavy atom. The molecule has 0 amide bonds. The van der Waals surface area contributed by atoms with E-state index in [0.717, 1.165) is 17.7 Å². The average Bonchev–Trinajstić information content (AvgIpc) is 3.33. The lowest BCUT2D eigenvalue weighted by atomic mass is 9.29. The zero-order valence-corrected chi connectivity index (χ0v) is 21.9. The van der Waals surface area contributed by atoms with Crippen LogP contribution in [0.5, 0.6) is 0 Å². The van der Waals surface area contributed by atoms with Crippen LogP contribution in [0, 0.1) is 0 Å². The van der Waals surface area contributed by atoms with Crippen molar-refractivity contribution in [2.75, 3.05) is 12.8 Å². The van der Waals surface area contributed by atoms with E-state index in [-0.39, 0.29) is 16.4 Å². The molecule has 0 fully saturated rings. The van der Waals surface area contributed by atoms with Crippen LogP contribution in [-0.2, 0) is 16.4 Å². The number of nitrogens with two attached hydrogens (primary N) is 1. The molecule has 182 valence electrons. The molecule has 39 heavy (non-hydrogen) atoms. The molecule has 12 radical (unpaired) electrons. The van der Waals surface area contributed by atoms with Crippen LogP contribution in [0.1, 0.15) is 5.56 Å². The molecule has 0 spiro atoms. The van der Waals surface area contributed by atoms with E-state index in [0.29, 0.717) is 22.7 Å². The number of aromatic nitrogens is 3. The van der Waals surface area contributed by atoms with Crippen LogP contribution in [0.15, 0.2) is 70.2 Å². The van der Waals surface area contributed by atoms with Crippen LogP contribution in [0.4, 0.5) is 5.82 Å². The summed E-state index contributed by atoms with van der Waals surface area (Å²) in [6, 6.07) is 15.2. The molecule has 4 rings (SSSR count). The summed E-state index contributed by atoms with van der Waals surface area (Å²) >= 11 is 0. The van der Waals surface area contributed by atoms with Gasteiger partial charge in [0, 0.05) is 29.0 Å². The molecule has 0 saturated heterocycles. The standard InChI is InChI=1S/C24H19B6N5O3S/c1-32-11-13-2-4-14(5-3-13)17-10-19(38-35-17)20-21(31)33-12-18(34-20)15-6-8-16(9-7-15)39(36,37)22(23(25,26)27)24(28,29)30/h2-10,12,22,32H,11H2,1H3,(H2,31,33). The summed E-state index contributed by atoms with van der Waals surface area (Å²) in [4.78, 5) is 8.58. The van der Waals surface area contributed by atoms with Gasteiger partial charge in [0.15, 0.2) is 27.1 Å². The second-order valence-electron chi connectivity index (χ2n) is 9.24. The highest BCUT2D eigenvalue weighted by Crippen LogP contribution is 2.40. The van der Waals surface area contributed by atoms with Gasteiger partial charge in [-0.05, 0) is 24.7 Å². The number of nitrogens with one attached hydrogen (secondary N) is 1. The van der Waals surface area contributed by atoms with Crippen molar-refractivity contribution in [3.8, 4) is 34.0 Å². The van der Waals surface area contributed by atoms with Crippen LogP contribution in [0.3, 0.4) is 0 Å². The lowest BCUT2D eigenvalue weighted by Crippen LogP contribution is -2.47. The van der Waals surface area contributed by atoms with Crippen LogP contribution in [0.2, 0.25) is 10.2 Å². The molecule has 4 aromatic rings. The highest BCUT2D eigenvalue weighted by Gasteiger charge is 2.42. The summed E-state index contributed by atoms with van der Waals surface area (Å²) in [5.74, 6) is 0.441. The van der Waals surface area contributed by atoms with Crippen molar-refractivity contribution in [3.63, 3.8) is 0 Å².